The molecular weight excluding hydrogens is 555 g/mol. The minimum atomic E-state index is -3.38. The van der Waals surface area contributed by atoms with Crippen molar-refractivity contribution in [3.63, 3.8) is 0 Å². The largest absolute Gasteiger partial charge is 0.334 e. The summed E-state index contributed by atoms with van der Waals surface area (Å²) in [5.74, 6) is 0. The van der Waals surface area contributed by atoms with Crippen LogP contribution in [0.2, 0.25) is 10.2 Å². The Balaban J connectivity index is 1.31. The van der Waals surface area contributed by atoms with Gasteiger partial charge in [0.1, 0.15) is 5.15 Å². The summed E-state index contributed by atoms with van der Waals surface area (Å²) in [5.41, 5.74) is 3.35. The number of halogens is 2. The molecule has 1 aromatic heterocycles. The third kappa shape index (κ3) is 6.30. The molecule has 5 rings (SSSR count). The van der Waals surface area contributed by atoms with Gasteiger partial charge in [0.05, 0.1) is 4.90 Å². The fraction of sp³-hybridized carbons (Fsp3) is 0.310. The van der Waals surface area contributed by atoms with E-state index in [1.807, 2.05) is 24.3 Å². The average molecular weight is 586 g/mol. The second kappa shape index (κ2) is 11.3. The van der Waals surface area contributed by atoms with Crippen molar-refractivity contribution in [2.45, 2.75) is 29.7 Å². The lowest BCUT2D eigenvalue weighted by atomic mass is 9.74. The fourth-order valence-corrected chi connectivity index (χ4v) is 6.36. The second-order valence-electron chi connectivity index (χ2n) is 10.2. The molecule has 1 saturated heterocycles. The van der Waals surface area contributed by atoms with Crippen LogP contribution in [0.3, 0.4) is 0 Å². The Bertz CT molecular complexity index is 1500. The van der Waals surface area contributed by atoms with Gasteiger partial charge in [-0.25, -0.2) is 18.2 Å². The molecule has 0 saturated carbocycles. The zero-order chi connectivity index (χ0) is 27.6. The van der Waals surface area contributed by atoms with E-state index >= 15 is 0 Å². The van der Waals surface area contributed by atoms with Crippen LogP contribution in [-0.4, -0.2) is 56.8 Å². The molecule has 0 atom stereocenters. The maximum Gasteiger partial charge on any atom is 0.322 e. The fourth-order valence-electron chi connectivity index (χ4n) is 5.39. The van der Waals surface area contributed by atoms with E-state index in [1.54, 1.807) is 41.4 Å². The summed E-state index contributed by atoms with van der Waals surface area (Å²) >= 11 is 12.0. The first kappa shape index (κ1) is 27.6. The van der Waals surface area contributed by atoms with Crippen molar-refractivity contribution >= 4 is 50.8 Å². The predicted molar refractivity (Wildman–Crippen MR) is 156 cm³/mol. The normalized spacial score (nSPS) is 17.1. The summed E-state index contributed by atoms with van der Waals surface area (Å²) in [6.45, 7) is 3.33. The Labute approximate surface area is 239 Å². The van der Waals surface area contributed by atoms with Crippen LogP contribution in [0, 0.1) is 0 Å². The molecule has 1 spiro atoms. The number of rotatable bonds is 6. The van der Waals surface area contributed by atoms with Crippen molar-refractivity contribution in [3.8, 4) is 0 Å². The van der Waals surface area contributed by atoms with E-state index in [2.05, 4.69) is 27.4 Å². The molecule has 3 heterocycles. The number of pyridine rings is 1. The number of nitrogens with one attached hydrogen (secondary N) is 1. The number of likely N-dealkylation sites (tertiary alicyclic amines) is 1. The van der Waals surface area contributed by atoms with Crippen molar-refractivity contribution in [1.29, 1.82) is 0 Å². The number of sulfone groups is 1. The number of hydrogen-bond donors (Lipinski definition) is 1. The van der Waals surface area contributed by atoms with E-state index in [0.29, 0.717) is 23.3 Å². The van der Waals surface area contributed by atoms with E-state index in [-0.39, 0.29) is 16.3 Å². The molecular formula is C29H30Cl2N4O3S. The van der Waals surface area contributed by atoms with Crippen LogP contribution in [0.15, 0.2) is 71.8 Å². The van der Waals surface area contributed by atoms with Crippen molar-refractivity contribution in [2.24, 2.45) is 0 Å². The van der Waals surface area contributed by atoms with Crippen LogP contribution in [0.4, 0.5) is 10.5 Å². The first-order valence-electron chi connectivity index (χ1n) is 12.8. The van der Waals surface area contributed by atoms with Gasteiger partial charge in [0.15, 0.2) is 9.84 Å². The topological polar surface area (TPSA) is 82.6 Å². The van der Waals surface area contributed by atoms with E-state index in [1.165, 1.54) is 6.26 Å². The van der Waals surface area contributed by atoms with Crippen molar-refractivity contribution in [2.75, 3.05) is 37.3 Å². The van der Waals surface area contributed by atoms with E-state index < -0.39 is 9.84 Å². The van der Waals surface area contributed by atoms with Gasteiger partial charge in [0.25, 0.3) is 0 Å². The molecule has 3 aromatic rings. The highest BCUT2D eigenvalue weighted by Crippen LogP contribution is 2.47. The van der Waals surface area contributed by atoms with Crippen LogP contribution in [-0.2, 0) is 21.8 Å². The van der Waals surface area contributed by atoms with Gasteiger partial charge in [0, 0.05) is 48.2 Å². The summed E-state index contributed by atoms with van der Waals surface area (Å²) in [4.78, 5) is 21.8. The number of anilines is 1. The quantitative estimate of drug-likeness (QED) is 0.383. The van der Waals surface area contributed by atoms with Crippen molar-refractivity contribution in [3.05, 3.63) is 93.7 Å². The molecule has 0 aliphatic carbocycles. The summed E-state index contributed by atoms with van der Waals surface area (Å²) < 4.78 is 24.8. The standard InChI is InChI=1S/C29H30Cl2N4O3S/c1-39(37,38)24-8-9-26-25(18-24)29(20-35(26)28(36)33-19-22-10-13-32-27(31)17-22)11-15-34(16-12-29)14-2-3-21-4-6-23(30)7-5-21/h2-10,13,17-18H,11-12,14-16,19-20H2,1H3,(H,33,36)/b3-2+. The second-order valence-corrected chi connectivity index (χ2v) is 13.1. The van der Waals surface area contributed by atoms with E-state index in [0.717, 1.165) is 54.9 Å². The molecule has 2 amide bonds. The van der Waals surface area contributed by atoms with Crippen molar-refractivity contribution < 1.29 is 13.2 Å². The molecule has 0 unspecified atom stereocenters. The molecule has 0 bridgehead atoms. The number of aromatic nitrogens is 1. The Morgan fingerprint density at radius 2 is 1.82 bits per heavy atom. The summed E-state index contributed by atoms with van der Waals surface area (Å²) in [6.07, 6.45) is 8.71. The van der Waals surface area contributed by atoms with Crippen LogP contribution >= 0.6 is 23.2 Å². The van der Waals surface area contributed by atoms with Crippen LogP contribution in [0.1, 0.15) is 29.5 Å². The van der Waals surface area contributed by atoms with Crippen LogP contribution in [0.5, 0.6) is 0 Å². The maximum atomic E-state index is 13.4. The highest BCUT2D eigenvalue weighted by molar-refractivity contribution is 7.90. The Morgan fingerprint density at radius 1 is 1.08 bits per heavy atom. The number of nitrogens with zero attached hydrogens (tertiary/aromatic N) is 3. The lowest BCUT2D eigenvalue weighted by Gasteiger charge is -2.39. The van der Waals surface area contributed by atoms with Gasteiger partial charge in [-0.1, -0.05) is 47.5 Å². The number of benzene rings is 2. The number of fused-ring (bicyclic) bond motifs is 2. The van der Waals surface area contributed by atoms with E-state index in [4.69, 9.17) is 23.2 Å². The maximum absolute atomic E-state index is 13.4. The molecule has 1 fully saturated rings. The molecule has 2 aliphatic heterocycles. The Morgan fingerprint density at radius 3 is 2.51 bits per heavy atom. The van der Waals surface area contributed by atoms with Gasteiger partial charge in [-0.05, 0) is 85.1 Å². The number of amides is 2. The van der Waals surface area contributed by atoms with Gasteiger partial charge >= 0.3 is 6.03 Å². The minimum Gasteiger partial charge on any atom is -0.334 e. The lowest BCUT2D eigenvalue weighted by molar-refractivity contribution is 0.180. The highest BCUT2D eigenvalue weighted by atomic mass is 35.5. The number of carbonyl (C=O) groups is 1. The molecule has 39 heavy (non-hydrogen) atoms. The number of urea groups is 1. The molecule has 2 aliphatic rings. The average Bonchev–Trinajstić information content (AvgIpc) is 3.22. The molecule has 1 N–H and O–H groups in total. The SMILES string of the molecule is CS(=O)(=O)c1ccc2c(c1)C1(CCN(C/C=C/c3ccc(Cl)cc3)CC1)CN2C(=O)NCc1ccnc(Cl)c1. The monoisotopic (exact) mass is 584 g/mol. The molecule has 10 heteroatoms. The van der Waals surface area contributed by atoms with Gasteiger partial charge in [-0.2, -0.15) is 0 Å². The first-order chi connectivity index (χ1) is 18.6. The van der Waals surface area contributed by atoms with Gasteiger partial charge in [-0.3, -0.25) is 9.80 Å². The Hall–Kier alpha value is -2.91. The zero-order valence-electron chi connectivity index (χ0n) is 21.6. The van der Waals surface area contributed by atoms with Crippen LogP contribution in [0.25, 0.3) is 6.08 Å². The number of piperidine rings is 1. The van der Waals surface area contributed by atoms with Gasteiger partial charge in [0.2, 0.25) is 0 Å². The van der Waals surface area contributed by atoms with Crippen molar-refractivity contribution in [1.82, 2.24) is 15.2 Å². The van der Waals surface area contributed by atoms with Gasteiger partial charge < -0.3 is 5.32 Å². The minimum absolute atomic E-state index is 0.221. The highest BCUT2D eigenvalue weighted by Gasteiger charge is 2.46. The van der Waals surface area contributed by atoms with Crippen LogP contribution < -0.4 is 10.2 Å². The number of hydrogen-bond acceptors (Lipinski definition) is 5. The smallest absolute Gasteiger partial charge is 0.322 e. The summed E-state index contributed by atoms with van der Waals surface area (Å²) in [7, 11) is -3.38. The zero-order valence-corrected chi connectivity index (χ0v) is 23.9. The Kier molecular flexibility index (Phi) is 8.01. The molecule has 2 aromatic carbocycles. The van der Waals surface area contributed by atoms with Gasteiger partial charge in [-0.15, -0.1) is 0 Å². The molecule has 204 valence electrons. The third-order valence-corrected chi connectivity index (χ3v) is 9.12. The first-order valence-corrected chi connectivity index (χ1v) is 15.4. The molecule has 7 nitrogen and oxygen atoms in total. The summed E-state index contributed by atoms with van der Waals surface area (Å²) in [6, 6.07) is 16.2. The predicted octanol–water partition coefficient (Wildman–Crippen LogP) is 5.57. The lowest BCUT2D eigenvalue weighted by Crippen LogP contribution is -2.47. The number of carbonyl (C=O) groups excluding carboxylic acids is 1. The summed E-state index contributed by atoms with van der Waals surface area (Å²) in [5, 5.41) is 4.07. The third-order valence-electron chi connectivity index (χ3n) is 7.56. The molecule has 0 radical (unpaired) electrons. The van der Waals surface area contributed by atoms with E-state index in [9.17, 15) is 13.2 Å².